The van der Waals surface area contributed by atoms with Crippen LogP contribution in [0.3, 0.4) is 0 Å². The van der Waals surface area contributed by atoms with Crippen molar-refractivity contribution >= 4 is 47.2 Å². The predicted octanol–water partition coefficient (Wildman–Crippen LogP) is 3.92. The summed E-state index contributed by atoms with van der Waals surface area (Å²) in [6, 6.07) is 8.11. The van der Waals surface area contributed by atoms with Crippen LogP contribution in [0.5, 0.6) is 0 Å². The summed E-state index contributed by atoms with van der Waals surface area (Å²) in [5.41, 5.74) is 6.68. The van der Waals surface area contributed by atoms with Gasteiger partial charge in [-0.1, -0.05) is 18.0 Å². The Hall–Kier alpha value is -2.02. The Balaban J connectivity index is 0.00000243. The zero-order chi connectivity index (χ0) is 17.8. The summed E-state index contributed by atoms with van der Waals surface area (Å²) in [7, 11) is 0. The van der Waals surface area contributed by atoms with Crippen molar-refractivity contribution in [2.75, 3.05) is 17.2 Å². The highest BCUT2D eigenvalue weighted by molar-refractivity contribution is 6.31. The van der Waals surface area contributed by atoms with Gasteiger partial charge < -0.3 is 20.8 Å². The van der Waals surface area contributed by atoms with Crippen LogP contribution >= 0.6 is 24.0 Å². The smallest absolute Gasteiger partial charge is 0.291 e. The number of furan rings is 1. The SMILES string of the molecule is Cl.NC[C@H]1CCC[C@H]1C(=O)Nc1ccc(Cl)cc1NC(=O)c1ccco1. The molecule has 0 bridgehead atoms. The first kappa shape index (κ1) is 20.3. The van der Waals surface area contributed by atoms with Crippen LogP contribution in [0.1, 0.15) is 29.8 Å². The van der Waals surface area contributed by atoms with Gasteiger partial charge in [0.25, 0.3) is 5.91 Å². The second kappa shape index (κ2) is 9.07. The summed E-state index contributed by atoms with van der Waals surface area (Å²) in [4.78, 5) is 24.8. The lowest BCUT2D eigenvalue weighted by atomic mass is 9.95. The summed E-state index contributed by atoms with van der Waals surface area (Å²) in [6.07, 6.45) is 4.22. The van der Waals surface area contributed by atoms with E-state index >= 15 is 0 Å². The standard InChI is InChI=1S/C18H20ClN3O3.ClH/c19-12-6-7-14(21-17(23)13-4-1-3-11(13)10-20)15(9-12)22-18(24)16-5-2-8-25-16;/h2,5-9,11,13H,1,3-4,10,20H2,(H,21,23)(H,22,24);1H/t11-,13-;/m1./s1. The molecule has 140 valence electrons. The first-order valence-corrected chi connectivity index (χ1v) is 8.61. The van der Waals surface area contributed by atoms with Gasteiger partial charge in [0.15, 0.2) is 5.76 Å². The molecule has 8 heteroatoms. The number of halogens is 2. The molecule has 2 amide bonds. The molecular formula is C18H21Cl2N3O3. The molecule has 4 N–H and O–H groups in total. The molecule has 0 radical (unpaired) electrons. The highest BCUT2D eigenvalue weighted by atomic mass is 35.5. The fourth-order valence-electron chi connectivity index (χ4n) is 3.21. The van der Waals surface area contributed by atoms with E-state index in [1.807, 2.05) is 0 Å². The van der Waals surface area contributed by atoms with Gasteiger partial charge in [0.1, 0.15) is 0 Å². The Labute approximate surface area is 162 Å². The number of hydrogen-bond donors (Lipinski definition) is 3. The van der Waals surface area contributed by atoms with Crippen LogP contribution in [0.4, 0.5) is 11.4 Å². The number of rotatable bonds is 5. The number of amides is 2. The molecule has 2 aromatic rings. The van der Waals surface area contributed by atoms with E-state index in [-0.39, 0.29) is 35.9 Å². The van der Waals surface area contributed by atoms with E-state index in [0.29, 0.717) is 22.9 Å². The fraction of sp³-hybridized carbons (Fsp3) is 0.333. The largest absolute Gasteiger partial charge is 0.459 e. The molecule has 1 aliphatic rings. The van der Waals surface area contributed by atoms with Crippen molar-refractivity contribution in [2.45, 2.75) is 19.3 Å². The molecule has 1 aromatic heterocycles. The maximum atomic E-state index is 12.6. The minimum absolute atomic E-state index is 0. The summed E-state index contributed by atoms with van der Waals surface area (Å²) < 4.78 is 5.08. The van der Waals surface area contributed by atoms with Gasteiger partial charge in [0, 0.05) is 10.9 Å². The fourth-order valence-corrected chi connectivity index (χ4v) is 3.38. The quantitative estimate of drug-likeness (QED) is 0.711. The first-order chi connectivity index (χ1) is 12.1. The number of hydrogen-bond acceptors (Lipinski definition) is 4. The molecule has 3 rings (SSSR count). The Kier molecular flexibility index (Phi) is 7.08. The monoisotopic (exact) mass is 397 g/mol. The molecule has 1 heterocycles. The molecular weight excluding hydrogens is 377 g/mol. The third kappa shape index (κ3) is 4.58. The number of carbonyl (C=O) groups is 2. The molecule has 1 fully saturated rings. The number of carbonyl (C=O) groups excluding carboxylic acids is 2. The Morgan fingerprint density at radius 3 is 2.69 bits per heavy atom. The number of benzene rings is 1. The molecule has 1 aromatic carbocycles. The van der Waals surface area contributed by atoms with Crippen LogP contribution in [-0.2, 0) is 4.79 Å². The van der Waals surface area contributed by atoms with Gasteiger partial charge in [0.05, 0.1) is 17.6 Å². The van der Waals surface area contributed by atoms with Gasteiger partial charge in [-0.25, -0.2) is 0 Å². The molecule has 2 atom stereocenters. The average Bonchev–Trinajstić information content (AvgIpc) is 3.28. The molecule has 0 aliphatic heterocycles. The first-order valence-electron chi connectivity index (χ1n) is 8.24. The second-order valence-electron chi connectivity index (χ2n) is 6.14. The highest BCUT2D eigenvalue weighted by Crippen LogP contribution is 2.33. The van der Waals surface area contributed by atoms with E-state index in [1.165, 1.54) is 6.26 Å². The molecule has 0 spiro atoms. The molecule has 1 aliphatic carbocycles. The van der Waals surface area contributed by atoms with Crippen molar-refractivity contribution in [2.24, 2.45) is 17.6 Å². The van der Waals surface area contributed by atoms with Crippen molar-refractivity contribution in [3.05, 3.63) is 47.4 Å². The third-order valence-corrected chi connectivity index (χ3v) is 4.77. The van der Waals surface area contributed by atoms with Gasteiger partial charge in [-0.15, -0.1) is 12.4 Å². The summed E-state index contributed by atoms with van der Waals surface area (Å²) >= 11 is 6.03. The molecule has 1 saturated carbocycles. The van der Waals surface area contributed by atoms with E-state index < -0.39 is 5.91 Å². The van der Waals surface area contributed by atoms with Crippen LogP contribution in [0.2, 0.25) is 5.02 Å². The molecule has 26 heavy (non-hydrogen) atoms. The molecule has 6 nitrogen and oxygen atoms in total. The maximum absolute atomic E-state index is 12.6. The van der Waals surface area contributed by atoms with Crippen molar-refractivity contribution in [3.63, 3.8) is 0 Å². The van der Waals surface area contributed by atoms with Crippen LogP contribution in [-0.4, -0.2) is 18.4 Å². The predicted molar refractivity (Wildman–Crippen MR) is 104 cm³/mol. The van der Waals surface area contributed by atoms with Gasteiger partial charge in [0.2, 0.25) is 5.91 Å². The maximum Gasteiger partial charge on any atom is 0.291 e. The van der Waals surface area contributed by atoms with Crippen molar-refractivity contribution < 1.29 is 14.0 Å². The van der Waals surface area contributed by atoms with Crippen LogP contribution < -0.4 is 16.4 Å². The molecule has 0 saturated heterocycles. The summed E-state index contributed by atoms with van der Waals surface area (Å²) in [5.74, 6) is -0.216. The van der Waals surface area contributed by atoms with E-state index in [1.54, 1.807) is 30.3 Å². The Morgan fingerprint density at radius 1 is 1.19 bits per heavy atom. The van der Waals surface area contributed by atoms with E-state index in [2.05, 4.69) is 10.6 Å². The van der Waals surface area contributed by atoms with Crippen molar-refractivity contribution in [1.82, 2.24) is 0 Å². The Bertz CT molecular complexity index is 765. The second-order valence-corrected chi connectivity index (χ2v) is 6.58. The van der Waals surface area contributed by atoms with Crippen LogP contribution in [0, 0.1) is 11.8 Å². The average molecular weight is 398 g/mol. The van der Waals surface area contributed by atoms with Gasteiger partial charge in [-0.3, -0.25) is 9.59 Å². The van der Waals surface area contributed by atoms with Gasteiger partial charge in [-0.05, 0) is 55.6 Å². The zero-order valence-corrected chi connectivity index (χ0v) is 15.6. The third-order valence-electron chi connectivity index (χ3n) is 4.53. The number of anilines is 2. The lowest BCUT2D eigenvalue weighted by Gasteiger charge is -2.19. The molecule has 0 unspecified atom stereocenters. The van der Waals surface area contributed by atoms with E-state index in [4.69, 9.17) is 21.8 Å². The number of nitrogens with one attached hydrogen (secondary N) is 2. The minimum Gasteiger partial charge on any atom is -0.459 e. The van der Waals surface area contributed by atoms with Gasteiger partial charge in [-0.2, -0.15) is 0 Å². The lowest BCUT2D eigenvalue weighted by molar-refractivity contribution is -0.120. The highest BCUT2D eigenvalue weighted by Gasteiger charge is 2.32. The number of nitrogens with two attached hydrogens (primary N) is 1. The topological polar surface area (TPSA) is 97.4 Å². The van der Waals surface area contributed by atoms with Crippen LogP contribution in [0.15, 0.2) is 41.0 Å². The van der Waals surface area contributed by atoms with Crippen molar-refractivity contribution in [3.8, 4) is 0 Å². The van der Waals surface area contributed by atoms with E-state index in [9.17, 15) is 9.59 Å². The normalized spacial score (nSPS) is 18.8. The van der Waals surface area contributed by atoms with E-state index in [0.717, 1.165) is 19.3 Å². The Morgan fingerprint density at radius 2 is 2.00 bits per heavy atom. The summed E-state index contributed by atoms with van der Waals surface area (Å²) in [5, 5.41) is 6.07. The lowest BCUT2D eigenvalue weighted by Crippen LogP contribution is -2.30. The van der Waals surface area contributed by atoms with Crippen LogP contribution in [0.25, 0.3) is 0 Å². The zero-order valence-electron chi connectivity index (χ0n) is 14.0. The minimum atomic E-state index is -0.413. The van der Waals surface area contributed by atoms with Gasteiger partial charge >= 0.3 is 0 Å². The van der Waals surface area contributed by atoms with Crippen molar-refractivity contribution in [1.29, 1.82) is 0 Å². The summed E-state index contributed by atoms with van der Waals surface area (Å²) in [6.45, 7) is 0.501.